The molecular formula is C16H24Cl2F6O2. The summed E-state index contributed by atoms with van der Waals surface area (Å²) in [6.45, 7) is 9.80. The number of rotatable bonds is 8. The van der Waals surface area contributed by atoms with E-state index in [0.717, 1.165) is 31.9 Å². The van der Waals surface area contributed by atoms with Crippen molar-refractivity contribution in [1.82, 2.24) is 0 Å². The standard InChI is InChI=1S/C6H10ClFO.C6H10F2O.C2H2ClF.C2H2F2/c2*1-2-3-4-9-5-6(7)8;2*1-2(3)4/h2*5H,2-4H2,1H3;2*1H2. The van der Waals surface area contributed by atoms with Gasteiger partial charge in [0.15, 0.2) is 5.29 Å². The van der Waals surface area contributed by atoms with Gasteiger partial charge in [-0.15, -0.1) is 0 Å². The van der Waals surface area contributed by atoms with E-state index in [1.165, 1.54) is 0 Å². The average molecular weight is 433 g/mol. The summed E-state index contributed by atoms with van der Waals surface area (Å²) in [5.41, 5.74) is 0. The Bertz CT molecular complexity index is 339. The van der Waals surface area contributed by atoms with Crippen molar-refractivity contribution in [2.24, 2.45) is 0 Å². The van der Waals surface area contributed by atoms with Crippen LogP contribution in [-0.2, 0) is 9.47 Å². The molecule has 0 bridgehead atoms. The summed E-state index contributed by atoms with van der Waals surface area (Å²) in [5.74, 6) is 0. The summed E-state index contributed by atoms with van der Waals surface area (Å²) in [6.07, 6.45) is 1.54. The lowest BCUT2D eigenvalue weighted by Gasteiger charge is -1.95. The van der Waals surface area contributed by atoms with Crippen molar-refractivity contribution in [1.29, 1.82) is 0 Å². The third-order valence-electron chi connectivity index (χ3n) is 1.58. The highest BCUT2D eigenvalue weighted by atomic mass is 35.5. The molecule has 0 fully saturated rings. The minimum absolute atomic E-state index is 0.383. The van der Waals surface area contributed by atoms with Crippen LogP contribution in [0.2, 0.25) is 0 Å². The Balaban J connectivity index is -0.000000134. The monoisotopic (exact) mass is 432 g/mol. The number of halogens is 8. The van der Waals surface area contributed by atoms with E-state index in [0.29, 0.717) is 19.5 Å². The van der Waals surface area contributed by atoms with Crippen LogP contribution in [0.1, 0.15) is 39.5 Å². The van der Waals surface area contributed by atoms with Crippen LogP contribution >= 0.6 is 23.2 Å². The molecule has 0 amide bonds. The van der Waals surface area contributed by atoms with Crippen LogP contribution in [0.25, 0.3) is 0 Å². The molecular weight excluding hydrogens is 409 g/mol. The Hall–Kier alpha value is -1.28. The third-order valence-corrected chi connectivity index (χ3v) is 1.67. The van der Waals surface area contributed by atoms with Gasteiger partial charge in [0.05, 0.1) is 13.2 Å². The van der Waals surface area contributed by atoms with E-state index < -0.39 is 22.7 Å². The van der Waals surface area contributed by atoms with Gasteiger partial charge in [-0.05, 0) is 31.0 Å². The van der Waals surface area contributed by atoms with Gasteiger partial charge in [0.1, 0.15) is 12.5 Å². The minimum atomic E-state index is -1.83. The molecule has 0 aliphatic heterocycles. The van der Waals surface area contributed by atoms with E-state index in [4.69, 9.17) is 11.6 Å². The van der Waals surface area contributed by atoms with Gasteiger partial charge in [0, 0.05) is 0 Å². The van der Waals surface area contributed by atoms with Gasteiger partial charge in [-0.2, -0.15) is 26.3 Å². The summed E-state index contributed by atoms with van der Waals surface area (Å²) in [5, 5.41) is -1.66. The number of hydrogen-bond donors (Lipinski definition) is 0. The maximum absolute atomic E-state index is 11.6. The van der Waals surface area contributed by atoms with Gasteiger partial charge in [-0.25, -0.2) is 0 Å². The lowest BCUT2D eigenvalue weighted by molar-refractivity contribution is 0.220. The molecule has 0 rings (SSSR count). The van der Waals surface area contributed by atoms with E-state index in [-0.39, 0.29) is 0 Å². The highest BCUT2D eigenvalue weighted by Crippen LogP contribution is 2.01. The number of hydrogen-bond acceptors (Lipinski definition) is 2. The summed E-state index contributed by atoms with van der Waals surface area (Å²) in [6, 6.07) is 0. The highest BCUT2D eigenvalue weighted by Gasteiger charge is 1.86. The molecule has 0 radical (unpaired) electrons. The van der Waals surface area contributed by atoms with Gasteiger partial charge in [-0.1, -0.05) is 44.9 Å². The molecule has 2 nitrogen and oxygen atoms in total. The lowest BCUT2D eigenvalue weighted by atomic mass is 10.4. The number of ether oxygens (including phenoxy) is 2. The van der Waals surface area contributed by atoms with E-state index in [1.807, 2.05) is 13.8 Å². The molecule has 0 spiro atoms. The van der Waals surface area contributed by atoms with Crippen molar-refractivity contribution < 1.29 is 35.8 Å². The Morgan fingerprint density at radius 3 is 1.35 bits per heavy atom. The average Bonchev–Trinajstić information content (AvgIpc) is 2.47. The van der Waals surface area contributed by atoms with Crippen molar-refractivity contribution in [3.05, 3.63) is 48.4 Å². The van der Waals surface area contributed by atoms with Crippen molar-refractivity contribution in [2.75, 3.05) is 13.2 Å². The fourth-order valence-corrected chi connectivity index (χ4v) is 0.762. The largest absolute Gasteiger partial charge is 0.497 e. The molecule has 0 heterocycles. The first-order chi connectivity index (χ1) is 12.0. The summed E-state index contributed by atoms with van der Waals surface area (Å²) in [4.78, 5) is 0. The van der Waals surface area contributed by atoms with Gasteiger partial charge in [-0.3, -0.25) is 0 Å². The zero-order valence-electron chi connectivity index (χ0n) is 14.7. The van der Waals surface area contributed by atoms with Crippen LogP contribution in [0, 0.1) is 0 Å². The Morgan fingerprint density at radius 1 is 0.808 bits per heavy atom. The Morgan fingerprint density at radius 2 is 1.12 bits per heavy atom. The van der Waals surface area contributed by atoms with Crippen molar-refractivity contribution in [3.8, 4) is 0 Å². The SMILES string of the molecule is C=C(F)Cl.C=C(F)F.CCCCOC=C(F)Cl.CCCCOC=C(F)F. The van der Waals surface area contributed by atoms with Crippen molar-refractivity contribution >= 4 is 23.2 Å². The third kappa shape index (κ3) is 93.3. The quantitative estimate of drug-likeness (QED) is 0.217. The first-order valence-electron chi connectivity index (χ1n) is 7.26. The Labute approximate surface area is 160 Å². The molecule has 10 heteroatoms. The first kappa shape index (κ1) is 32.4. The first-order valence-corrected chi connectivity index (χ1v) is 8.02. The lowest BCUT2D eigenvalue weighted by Crippen LogP contribution is -1.84. The van der Waals surface area contributed by atoms with E-state index in [9.17, 15) is 26.3 Å². The van der Waals surface area contributed by atoms with Crippen LogP contribution in [0.5, 0.6) is 0 Å². The van der Waals surface area contributed by atoms with Gasteiger partial charge in [0.25, 0.3) is 6.08 Å². The van der Waals surface area contributed by atoms with Crippen molar-refractivity contribution in [2.45, 2.75) is 39.5 Å². The second-order valence-electron chi connectivity index (χ2n) is 3.94. The predicted molar refractivity (Wildman–Crippen MR) is 94.5 cm³/mol. The molecule has 0 aromatic heterocycles. The smallest absolute Gasteiger partial charge is 0.304 e. The molecule has 0 atom stereocenters. The van der Waals surface area contributed by atoms with Crippen LogP contribution < -0.4 is 0 Å². The molecule has 156 valence electrons. The normalized spacial score (nSPS) is 9.08. The van der Waals surface area contributed by atoms with E-state index in [1.54, 1.807) is 0 Å². The molecule has 0 aromatic carbocycles. The van der Waals surface area contributed by atoms with Gasteiger partial charge < -0.3 is 9.47 Å². The second-order valence-corrected chi connectivity index (χ2v) is 4.71. The topological polar surface area (TPSA) is 18.5 Å². The zero-order valence-corrected chi connectivity index (χ0v) is 16.2. The fourth-order valence-electron chi connectivity index (χ4n) is 0.699. The second kappa shape index (κ2) is 28.5. The van der Waals surface area contributed by atoms with Gasteiger partial charge in [0.2, 0.25) is 5.29 Å². The zero-order chi connectivity index (χ0) is 21.4. The number of unbranched alkanes of at least 4 members (excludes halogenated alkanes) is 2. The maximum Gasteiger partial charge on any atom is 0.304 e. The molecule has 0 aliphatic carbocycles. The van der Waals surface area contributed by atoms with E-state index >= 15 is 0 Å². The summed E-state index contributed by atoms with van der Waals surface area (Å²) in [7, 11) is 0. The minimum Gasteiger partial charge on any atom is -0.497 e. The van der Waals surface area contributed by atoms with Crippen LogP contribution in [0.4, 0.5) is 26.3 Å². The molecule has 0 saturated carbocycles. The molecule has 0 aliphatic rings. The Kier molecular flexibility index (Phi) is 35.5. The van der Waals surface area contributed by atoms with Crippen LogP contribution in [0.3, 0.4) is 0 Å². The highest BCUT2D eigenvalue weighted by molar-refractivity contribution is 6.28. The summed E-state index contributed by atoms with van der Waals surface area (Å²) < 4.78 is 74.0. The van der Waals surface area contributed by atoms with Gasteiger partial charge >= 0.3 is 6.08 Å². The molecule has 0 aromatic rings. The summed E-state index contributed by atoms with van der Waals surface area (Å²) >= 11 is 9.24. The van der Waals surface area contributed by atoms with Crippen LogP contribution in [-0.4, -0.2) is 13.2 Å². The molecule has 0 unspecified atom stereocenters. The molecule has 0 saturated heterocycles. The molecule has 0 N–H and O–H groups in total. The molecule has 26 heavy (non-hydrogen) atoms. The maximum atomic E-state index is 11.6. The fraction of sp³-hybridized carbons (Fsp3) is 0.500. The van der Waals surface area contributed by atoms with Crippen molar-refractivity contribution in [3.63, 3.8) is 0 Å². The van der Waals surface area contributed by atoms with Crippen LogP contribution in [0.15, 0.2) is 48.4 Å². The predicted octanol–water partition coefficient (Wildman–Crippen LogP) is 8.41. The van der Waals surface area contributed by atoms with E-state index in [2.05, 4.69) is 34.2 Å².